The van der Waals surface area contributed by atoms with Gasteiger partial charge in [0, 0.05) is 35.6 Å². The molecular weight excluding hydrogens is 360 g/mol. The third kappa shape index (κ3) is 3.88. The fourth-order valence-corrected chi connectivity index (χ4v) is 2.97. The summed E-state index contributed by atoms with van der Waals surface area (Å²) in [7, 11) is 0. The Morgan fingerprint density at radius 1 is 1.04 bits per heavy atom. The Hall–Kier alpha value is -3.61. The van der Waals surface area contributed by atoms with Crippen molar-refractivity contribution in [1.82, 2.24) is 20.2 Å². The summed E-state index contributed by atoms with van der Waals surface area (Å²) in [5.41, 5.74) is 3.73. The van der Waals surface area contributed by atoms with Crippen molar-refractivity contribution < 1.29 is 8.78 Å². The van der Waals surface area contributed by atoms with Gasteiger partial charge >= 0.3 is 0 Å². The first-order chi connectivity index (χ1) is 13.6. The van der Waals surface area contributed by atoms with E-state index in [4.69, 9.17) is 0 Å². The summed E-state index contributed by atoms with van der Waals surface area (Å²) < 4.78 is 26.9. The maximum absolute atomic E-state index is 13.5. The quantitative estimate of drug-likeness (QED) is 0.515. The van der Waals surface area contributed by atoms with Gasteiger partial charge in [0.25, 0.3) is 0 Å². The van der Waals surface area contributed by atoms with E-state index in [1.54, 1.807) is 18.6 Å². The van der Waals surface area contributed by atoms with E-state index < -0.39 is 11.6 Å². The standard InChI is InChI=1S/C21H17F2N5/c1-13(14-8-15(22)10-16(23)9-14)26-17-2-4-20-19(11-17)21(28-27-20)5-3-18-12-24-6-7-25-18/h2-13,26H,1H3,(H,27,28)/b5-3+. The summed E-state index contributed by atoms with van der Waals surface area (Å²) in [6.45, 7) is 1.85. The number of halogens is 2. The molecule has 140 valence electrons. The van der Waals surface area contributed by atoms with Crippen molar-refractivity contribution in [2.75, 3.05) is 5.32 Å². The molecule has 0 saturated heterocycles. The molecule has 1 atom stereocenters. The molecule has 2 aromatic carbocycles. The molecule has 0 radical (unpaired) electrons. The topological polar surface area (TPSA) is 66.5 Å². The van der Waals surface area contributed by atoms with Crippen LogP contribution in [0.5, 0.6) is 0 Å². The zero-order valence-electron chi connectivity index (χ0n) is 15.0. The molecule has 7 heteroatoms. The number of aromatic nitrogens is 4. The Morgan fingerprint density at radius 3 is 2.61 bits per heavy atom. The SMILES string of the molecule is CC(Nc1ccc2[nH]nc(/C=C/c3cnccn3)c2c1)c1cc(F)cc(F)c1. The molecule has 0 saturated carbocycles. The van der Waals surface area contributed by atoms with Crippen LogP contribution in [-0.4, -0.2) is 20.2 Å². The van der Waals surface area contributed by atoms with Crippen LogP contribution < -0.4 is 5.32 Å². The number of fused-ring (bicyclic) bond motifs is 1. The molecule has 0 spiro atoms. The number of nitrogens with one attached hydrogen (secondary N) is 2. The molecule has 28 heavy (non-hydrogen) atoms. The van der Waals surface area contributed by atoms with Gasteiger partial charge in [-0.05, 0) is 55.0 Å². The van der Waals surface area contributed by atoms with E-state index in [0.29, 0.717) is 5.56 Å². The largest absolute Gasteiger partial charge is 0.378 e. The van der Waals surface area contributed by atoms with Crippen molar-refractivity contribution in [2.45, 2.75) is 13.0 Å². The number of anilines is 1. The lowest BCUT2D eigenvalue weighted by molar-refractivity contribution is 0.577. The average Bonchev–Trinajstić information content (AvgIpc) is 3.09. The molecule has 1 unspecified atom stereocenters. The zero-order chi connectivity index (χ0) is 19.5. The number of aromatic amines is 1. The van der Waals surface area contributed by atoms with Gasteiger partial charge in [-0.2, -0.15) is 5.10 Å². The minimum absolute atomic E-state index is 0.270. The molecule has 2 aromatic heterocycles. The van der Waals surface area contributed by atoms with Crippen molar-refractivity contribution in [1.29, 1.82) is 0 Å². The van der Waals surface area contributed by atoms with Gasteiger partial charge in [-0.1, -0.05) is 0 Å². The number of nitrogens with zero attached hydrogens (tertiary/aromatic N) is 3. The van der Waals surface area contributed by atoms with Crippen LogP contribution in [0.1, 0.15) is 29.9 Å². The first-order valence-corrected chi connectivity index (χ1v) is 8.73. The highest BCUT2D eigenvalue weighted by Gasteiger charge is 2.10. The van der Waals surface area contributed by atoms with Gasteiger partial charge in [0.1, 0.15) is 11.6 Å². The van der Waals surface area contributed by atoms with Crippen LogP contribution in [0.2, 0.25) is 0 Å². The van der Waals surface area contributed by atoms with Crippen molar-refractivity contribution in [3.05, 3.63) is 83.6 Å². The molecule has 2 N–H and O–H groups in total. The van der Waals surface area contributed by atoms with Crippen molar-refractivity contribution in [3.8, 4) is 0 Å². The van der Waals surface area contributed by atoms with E-state index in [0.717, 1.165) is 34.0 Å². The zero-order valence-corrected chi connectivity index (χ0v) is 15.0. The predicted molar refractivity (Wildman–Crippen MR) is 105 cm³/mol. The Kier molecular flexibility index (Phi) is 4.80. The average molecular weight is 377 g/mol. The Labute approximate surface area is 160 Å². The Balaban J connectivity index is 1.59. The van der Waals surface area contributed by atoms with Crippen LogP contribution in [0.4, 0.5) is 14.5 Å². The third-order valence-corrected chi connectivity index (χ3v) is 4.36. The smallest absolute Gasteiger partial charge is 0.126 e. The van der Waals surface area contributed by atoms with Crippen LogP contribution in [0.15, 0.2) is 55.0 Å². The summed E-state index contributed by atoms with van der Waals surface area (Å²) in [4.78, 5) is 8.23. The molecule has 4 aromatic rings. The molecule has 4 rings (SSSR count). The van der Waals surface area contributed by atoms with Crippen molar-refractivity contribution in [3.63, 3.8) is 0 Å². The summed E-state index contributed by atoms with van der Waals surface area (Å²) in [5, 5.41) is 11.5. The number of hydrogen-bond donors (Lipinski definition) is 2. The molecular formula is C21H17F2N5. The van der Waals surface area contributed by atoms with E-state index in [2.05, 4.69) is 25.5 Å². The molecule has 0 amide bonds. The highest BCUT2D eigenvalue weighted by atomic mass is 19.1. The summed E-state index contributed by atoms with van der Waals surface area (Å²) in [5.74, 6) is -1.18. The van der Waals surface area contributed by atoms with Gasteiger partial charge in [-0.25, -0.2) is 8.78 Å². The van der Waals surface area contributed by atoms with Crippen LogP contribution in [0.25, 0.3) is 23.1 Å². The van der Waals surface area contributed by atoms with Crippen LogP contribution in [0, 0.1) is 11.6 Å². The first kappa shape index (κ1) is 17.8. The second-order valence-corrected chi connectivity index (χ2v) is 6.40. The number of rotatable bonds is 5. The third-order valence-electron chi connectivity index (χ3n) is 4.36. The normalized spacial score (nSPS) is 12.5. The minimum Gasteiger partial charge on any atom is -0.378 e. The monoisotopic (exact) mass is 377 g/mol. The summed E-state index contributed by atoms with van der Waals surface area (Å²) >= 11 is 0. The molecule has 0 aliphatic rings. The number of benzene rings is 2. The van der Waals surface area contributed by atoms with Crippen molar-refractivity contribution in [2.24, 2.45) is 0 Å². The van der Waals surface area contributed by atoms with Crippen LogP contribution >= 0.6 is 0 Å². The number of hydrogen-bond acceptors (Lipinski definition) is 4. The fourth-order valence-electron chi connectivity index (χ4n) is 2.97. The maximum atomic E-state index is 13.5. The lowest BCUT2D eigenvalue weighted by Crippen LogP contribution is -2.07. The van der Waals surface area contributed by atoms with Crippen LogP contribution in [-0.2, 0) is 0 Å². The lowest BCUT2D eigenvalue weighted by Gasteiger charge is -2.16. The van der Waals surface area contributed by atoms with Crippen LogP contribution in [0.3, 0.4) is 0 Å². The molecule has 5 nitrogen and oxygen atoms in total. The second-order valence-electron chi connectivity index (χ2n) is 6.40. The summed E-state index contributed by atoms with van der Waals surface area (Å²) in [6, 6.07) is 8.99. The molecule has 0 aliphatic carbocycles. The highest BCUT2D eigenvalue weighted by Crippen LogP contribution is 2.26. The molecule has 2 heterocycles. The minimum atomic E-state index is -0.592. The van der Waals surface area contributed by atoms with Gasteiger partial charge in [0.05, 0.1) is 23.1 Å². The summed E-state index contributed by atoms with van der Waals surface area (Å²) in [6.07, 6.45) is 8.60. The predicted octanol–water partition coefficient (Wildman–Crippen LogP) is 4.97. The van der Waals surface area contributed by atoms with E-state index in [1.165, 1.54) is 12.1 Å². The number of H-pyrrole nitrogens is 1. The molecule has 0 aliphatic heterocycles. The van der Waals surface area contributed by atoms with Gasteiger partial charge in [-0.15, -0.1) is 0 Å². The molecule has 0 fully saturated rings. The van der Waals surface area contributed by atoms with E-state index >= 15 is 0 Å². The van der Waals surface area contributed by atoms with Crippen molar-refractivity contribution >= 4 is 28.7 Å². The lowest BCUT2D eigenvalue weighted by atomic mass is 10.1. The van der Waals surface area contributed by atoms with Gasteiger partial charge in [0.2, 0.25) is 0 Å². The molecule has 0 bridgehead atoms. The Bertz CT molecular complexity index is 1120. The maximum Gasteiger partial charge on any atom is 0.126 e. The Morgan fingerprint density at radius 2 is 1.86 bits per heavy atom. The van der Waals surface area contributed by atoms with Gasteiger partial charge in [-0.3, -0.25) is 15.1 Å². The van der Waals surface area contributed by atoms with Gasteiger partial charge in [0.15, 0.2) is 0 Å². The first-order valence-electron chi connectivity index (χ1n) is 8.73. The van der Waals surface area contributed by atoms with E-state index in [1.807, 2.05) is 37.3 Å². The second kappa shape index (κ2) is 7.56. The van der Waals surface area contributed by atoms with E-state index in [9.17, 15) is 8.78 Å². The van der Waals surface area contributed by atoms with E-state index in [-0.39, 0.29) is 6.04 Å². The van der Waals surface area contributed by atoms with Gasteiger partial charge < -0.3 is 5.32 Å². The fraction of sp³-hybridized carbons (Fsp3) is 0.0952. The highest BCUT2D eigenvalue weighted by molar-refractivity contribution is 5.91.